The van der Waals surface area contributed by atoms with Crippen molar-refractivity contribution >= 4 is 10.9 Å². The van der Waals surface area contributed by atoms with Gasteiger partial charge in [0.25, 0.3) is 0 Å². The zero-order valence-electron chi connectivity index (χ0n) is 12.5. The molecule has 0 unspecified atom stereocenters. The van der Waals surface area contributed by atoms with Gasteiger partial charge in [-0.1, -0.05) is 18.2 Å². The lowest BCUT2D eigenvalue weighted by atomic mass is 9.48. The van der Waals surface area contributed by atoms with E-state index in [2.05, 4.69) is 23.7 Å². The van der Waals surface area contributed by atoms with Crippen LogP contribution >= 0.6 is 0 Å². The van der Waals surface area contributed by atoms with Crippen molar-refractivity contribution in [1.82, 2.24) is 4.98 Å². The van der Waals surface area contributed by atoms with Gasteiger partial charge in [-0.15, -0.1) is 0 Å². The molecule has 2 aromatic rings. The lowest BCUT2D eigenvalue weighted by molar-refractivity contribution is -0.211. The first-order chi connectivity index (χ1) is 9.83. The summed E-state index contributed by atoms with van der Waals surface area (Å²) in [6, 6.07) is 6.16. The van der Waals surface area contributed by atoms with E-state index in [-0.39, 0.29) is 11.8 Å². The normalized spacial score (nSPS) is 31.7. The summed E-state index contributed by atoms with van der Waals surface area (Å²) in [6.07, 6.45) is 3.53. The van der Waals surface area contributed by atoms with Crippen molar-refractivity contribution in [2.75, 3.05) is 0 Å². The number of benzene rings is 1. The van der Waals surface area contributed by atoms with Crippen molar-refractivity contribution < 1.29 is 10.2 Å². The predicted octanol–water partition coefficient (Wildman–Crippen LogP) is 2.87. The summed E-state index contributed by atoms with van der Waals surface area (Å²) >= 11 is 0. The Morgan fingerprint density at radius 1 is 1.33 bits per heavy atom. The molecule has 2 aliphatic carbocycles. The van der Waals surface area contributed by atoms with E-state index in [4.69, 9.17) is 0 Å². The van der Waals surface area contributed by atoms with Gasteiger partial charge in [0.15, 0.2) is 0 Å². The number of nitrogens with one attached hydrogen (secondary N) is 1. The largest absolute Gasteiger partial charge is 0.390 e. The molecule has 3 atom stereocenters. The molecular formula is C18H21NO2. The summed E-state index contributed by atoms with van der Waals surface area (Å²) in [5.74, 6) is -0.103. The zero-order valence-corrected chi connectivity index (χ0v) is 12.5. The highest BCUT2D eigenvalue weighted by atomic mass is 16.3. The van der Waals surface area contributed by atoms with E-state index in [1.807, 2.05) is 12.3 Å². The summed E-state index contributed by atoms with van der Waals surface area (Å²) in [5, 5.41) is 23.1. The standard InChI is InChI=1S/C18H21NO2/c1-10-8-11-4-5-14-12(6-7-19-14)16(11)18(21)13(10)9-15(18)17(2,3)20/h4-7,13,15,19-21H,1,8-9H2,2-3H3/t13-,15-,18-/m1/s1. The van der Waals surface area contributed by atoms with Gasteiger partial charge in [-0.3, -0.25) is 0 Å². The Morgan fingerprint density at radius 3 is 2.81 bits per heavy atom. The van der Waals surface area contributed by atoms with Crippen molar-refractivity contribution in [3.8, 4) is 0 Å². The number of fused-ring (bicyclic) bond motifs is 5. The van der Waals surface area contributed by atoms with Crippen molar-refractivity contribution in [3.63, 3.8) is 0 Å². The molecule has 0 aliphatic heterocycles. The molecule has 0 radical (unpaired) electrons. The first kappa shape index (κ1) is 13.1. The van der Waals surface area contributed by atoms with Gasteiger partial charge in [0.1, 0.15) is 5.60 Å². The second-order valence-electron chi connectivity index (χ2n) is 7.19. The van der Waals surface area contributed by atoms with E-state index in [1.54, 1.807) is 13.8 Å². The number of aromatic amines is 1. The Morgan fingerprint density at radius 2 is 2.10 bits per heavy atom. The van der Waals surface area contributed by atoms with Crippen LogP contribution in [-0.4, -0.2) is 20.8 Å². The summed E-state index contributed by atoms with van der Waals surface area (Å²) in [6.45, 7) is 7.76. The second kappa shape index (κ2) is 3.79. The molecule has 3 N–H and O–H groups in total. The third-order valence-electron chi connectivity index (χ3n) is 5.52. The SMILES string of the molecule is C=C1Cc2ccc3[nH]ccc3c2[C@@]2(O)[C@@H]1C[C@@H]2C(C)(C)O. The third kappa shape index (κ3) is 1.51. The van der Waals surface area contributed by atoms with E-state index in [9.17, 15) is 10.2 Å². The summed E-state index contributed by atoms with van der Waals surface area (Å²) < 4.78 is 0. The Balaban J connectivity index is 2.01. The summed E-state index contributed by atoms with van der Waals surface area (Å²) in [7, 11) is 0. The van der Waals surface area contributed by atoms with Crippen LogP contribution in [0.5, 0.6) is 0 Å². The molecule has 0 saturated heterocycles. The monoisotopic (exact) mass is 283 g/mol. The van der Waals surface area contributed by atoms with Crippen LogP contribution in [0.15, 0.2) is 36.5 Å². The molecule has 3 nitrogen and oxygen atoms in total. The number of hydrogen-bond acceptors (Lipinski definition) is 2. The zero-order chi connectivity index (χ0) is 15.0. The maximum atomic E-state index is 11.5. The number of rotatable bonds is 1. The predicted molar refractivity (Wildman–Crippen MR) is 82.9 cm³/mol. The van der Waals surface area contributed by atoms with Crippen LogP contribution in [0.1, 0.15) is 31.4 Å². The Hall–Kier alpha value is -1.58. The van der Waals surface area contributed by atoms with Crippen molar-refractivity contribution in [2.24, 2.45) is 11.8 Å². The molecule has 1 fully saturated rings. The maximum absolute atomic E-state index is 11.5. The van der Waals surface area contributed by atoms with Crippen LogP contribution in [0.3, 0.4) is 0 Å². The molecule has 2 aliphatic rings. The number of hydrogen-bond donors (Lipinski definition) is 3. The number of H-pyrrole nitrogens is 1. The molecule has 110 valence electrons. The van der Waals surface area contributed by atoms with Gasteiger partial charge in [0, 0.05) is 28.9 Å². The van der Waals surface area contributed by atoms with Gasteiger partial charge in [-0.2, -0.15) is 0 Å². The topological polar surface area (TPSA) is 56.2 Å². The average molecular weight is 283 g/mol. The molecule has 21 heavy (non-hydrogen) atoms. The van der Waals surface area contributed by atoms with Crippen LogP contribution < -0.4 is 0 Å². The summed E-state index contributed by atoms with van der Waals surface area (Å²) in [4.78, 5) is 3.22. The highest BCUT2D eigenvalue weighted by molar-refractivity contribution is 5.86. The Bertz CT molecular complexity index is 752. The van der Waals surface area contributed by atoms with E-state index in [1.165, 1.54) is 0 Å². The summed E-state index contributed by atoms with van der Waals surface area (Å²) in [5.41, 5.74) is 2.36. The van der Waals surface area contributed by atoms with Gasteiger partial charge < -0.3 is 15.2 Å². The van der Waals surface area contributed by atoms with Crippen molar-refractivity contribution in [2.45, 2.75) is 37.9 Å². The van der Waals surface area contributed by atoms with E-state index in [0.29, 0.717) is 0 Å². The lowest BCUT2D eigenvalue weighted by Gasteiger charge is -2.60. The molecule has 3 heteroatoms. The van der Waals surface area contributed by atoms with E-state index >= 15 is 0 Å². The molecule has 4 rings (SSSR count). The first-order valence-electron chi connectivity index (χ1n) is 7.55. The smallest absolute Gasteiger partial charge is 0.103 e. The highest BCUT2D eigenvalue weighted by Crippen LogP contribution is 2.62. The fraction of sp³-hybridized carbons (Fsp3) is 0.444. The average Bonchev–Trinajstić information content (AvgIpc) is 2.81. The van der Waals surface area contributed by atoms with E-state index < -0.39 is 11.2 Å². The molecule has 0 bridgehead atoms. The highest BCUT2D eigenvalue weighted by Gasteiger charge is 2.63. The van der Waals surface area contributed by atoms with E-state index in [0.717, 1.165) is 40.4 Å². The quantitative estimate of drug-likeness (QED) is 0.705. The molecule has 1 aromatic heterocycles. The third-order valence-corrected chi connectivity index (χ3v) is 5.52. The molecular weight excluding hydrogens is 262 g/mol. The van der Waals surface area contributed by atoms with Crippen molar-refractivity contribution in [3.05, 3.63) is 47.7 Å². The van der Waals surface area contributed by atoms with Crippen LogP contribution in [0.4, 0.5) is 0 Å². The van der Waals surface area contributed by atoms with Crippen LogP contribution in [0, 0.1) is 11.8 Å². The van der Waals surface area contributed by atoms with Crippen LogP contribution in [0.25, 0.3) is 10.9 Å². The van der Waals surface area contributed by atoms with Gasteiger partial charge in [-0.25, -0.2) is 0 Å². The van der Waals surface area contributed by atoms with Gasteiger partial charge in [0.2, 0.25) is 0 Å². The fourth-order valence-corrected chi connectivity index (χ4v) is 4.50. The number of aliphatic hydroxyl groups is 2. The van der Waals surface area contributed by atoms with Gasteiger partial charge >= 0.3 is 0 Å². The fourth-order valence-electron chi connectivity index (χ4n) is 4.50. The Kier molecular flexibility index (Phi) is 2.36. The minimum atomic E-state index is -0.995. The number of aromatic nitrogens is 1. The molecule has 1 saturated carbocycles. The maximum Gasteiger partial charge on any atom is 0.103 e. The molecule has 1 aromatic carbocycles. The molecule has 1 heterocycles. The van der Waals surface area contributed by atoms with Crippen molar-refractivity contribution in [1.29, 1.82) is 0 Å². The second-order valence-corrected chi connectivity index (χ2v) is 7.19. The minimum Gasteiger partial charge on any atom is -0.390 e. The minimum absolute atomic E-state index is 0.0573. The molecule has 0 amide bonds. The van der Waals surface area contributed by atoms with Gasteiger partial charge in [0.05, 0.1) is 5.60 Å². The lowest BCUT2D eigenvalue weighted by Crippen LogP contribution is -2.62. The van der Waals surface area contributed by atoms with Crippen LogP contribution in [0.2, 0.25) is 0 Å². The Labute approximate surface area is 124 Å². The first-order valence-corrected chi connectivity index (χ1v) is 7.55. The molecule has 0 spiro atoms. The van der Waals surface area contributed by atoms with Crippen LogP contribution in [-0.2, 0) is 12.0 Å². The van der Waals surface area contributed by atoms with Gasteiger partial charge in [-0.05, 0) is 49.9 Å².